The molecule has 0 atom stereocenters. The lowest BCUT2D eigenvalue weighted by molar-refractivity contribution is 0.0995. The molecule has 0 spiro atoms. The van der Waals surface area contributed by atoms with E-state index in [1.165, 1.54) is 0 Å². The maximum absolute atomic E-state index is 13.5. The summed E-state index contributed by atoms with van der Waals surface area (Å²) in [6, 6.07) is 14.3. The van der Waals surface area contributed by atoms with Gasteiger partial charge in [0.1, 0.15) is 29.3 Å². The number of carbonyl (C=O) groups is 3. The van der Waals surface area contributed by atoms with Crippen molar-refractivity contribution in [3.8, 4) is 5.75 Å². The summed E-state index contributed by atoms with van der Waals surface area (Å²) in [5.41, 5.74) is 11.0. The molecule has 4 aromatic heterocycles. The lowest BCUT2D eigenvalue weighted by Gasteiger charge is -2.13. The maximum atomic E-state index is 13.5. The van der Waals surface area contributed by atoms with Gasteiger partial charge in [0.25, 0.3) is 11.8 Å². The summed E-state index contributed by atoms with van der Waals surface area (Å²) in [5, 5.41) is 17.9. The summed E-state index contributed by atoms with van der Waals surface area (Å²) in [6.45, 7) is 10.8. The molecule has 0 aliphatic heterocycles. The van der Waals surface area contributed by atoms with Crippen LogP contribution in [0.3, 0.4) is 0 Å². The van der Waals surface area contributed by atoms with Crippen molar-refractivity contribution in [2.45, 2.75) is 66.7 Å². The number of rotatable bonds is 16. The fourth-order valence-electron chi connectivity index (χ4n) is 6.24. The van der Waals surface area contributed by atoms with E-state index >= 15 is 0 Å². The van der Waals surface area contributed by atoms with Gasteiger partial charge in [-0.25, -0.2) is 9.97 Å². The number of nitrogens with one attached hydrogen (secondary N) is 3. The molecule has 16 heteroatoms. The first-order valence-electron chi connectivity index (χ1n) is 17.4. The number of nitrogens with two attached hydrogens (primary N) is 1. The normalized spacial score (nSPS) is 11.4. The van der Waals surface area contributed by atoms with Crippen LogP contribution in [0, 0.1) is 13.8 Å². The maximum Gasteiger partial charge on any atom is 0.276 e. The summed E-state index contributed by atoms with van der Waals surface area (Å²) in [4.78, 5) is 48.5. The van der Waals surface area contributed by atoms with Gasteiger partial charge in [-0.05, 0) is 90.0 Å². The number of nitrogens with zero attached hydrogens (tertiary/aromatic N) is 8. The predicted octanol–water partition coefficient (Wildman–Crippen LogP) is 4.12. The van der Waals surface area contributed by atoms with Gasteiger partial charge in [-0.1, -0.05) is 6.07 Å². The molecule has 0 aliphatic rings. The number of anilines is 2. The number of para-hydroxylation sites is 1. The van der Waals surface area contributed by atoms with E-state index in [2.05, 4.69) is 26.1 Å². The highest BCUT2D eigenvalue weighted by atomic mass is 16.5. The van der Waals surface area contributed by atoms with Crippen molar-refractivity contribution in [2.75, 3.05) is 30.8 Å². The third-order valence-corrected chi connectivity index (χ3v) is 8.72. The molecule has 52 heavy (non-hydrogen) atoms. The van der Waals surface area contributed by atoms with Gasteiger partial charge in [0.15, 0.2) is 0 Å². The van der Waals surface area contributed by atoms with Crippen LogP contribution in [0.1, 0.15) is 69.4 Å². The molecule has 0 radical (unpaired) electrons. The summed E-state index contributed by atoms with van der Waals surface area (Å²) in [7, 11) is 1.86. The summed E-state index contributed by atoms with van der Waals surface area (Å²) in [6.07, 6.45) is 1.35. The monoisotopic (exact) mass is 708 g/mol. The summed E-state index contributed by atoms with van der Waals surface area (Å²) in [5.74, 6) is 0.148. The Morgan fingerprint density at radius 3 is 1.96 bits per heavy atom. The number of carbonyl (C=O) groups excluding carboxylic acids is 3. The zero-order valence-electron chi connectivity index (χ0n) is 30.1. The van der Waals surface area contributed by atoms with Crippen molar-refractivity contribution < 1.29 is 19.1 Å². The lowest BCUT2D eigenvalue weighted by atomic mass is 10.2. The van der Waals surface area contributed by atoms with Gasteiger partial charge in [-0.2, -0.15) is 10.2 Å². The average Bonchev–Trinajstić information content (AvgIpc) is 3.89. The average molecular weight is 709 g/mol. The van der Waals surface area contributed by atoms with E-state index < -0.39 is 5.91 Å². The molecule has 6 aromatic rings. The summed E-state index contributed by atoms with van der Waals surface area (Å²) < 4.78 is 13.3. The molecular weight excluding hydrogens is 664 g/mol. The second kappa shape index (κ2) is 15.5. The van der Waals surface area contributed by atoms with Gasteiger partial charge < -0.3 is 24.9 Å². The topological polar surface area (TPSA) is 194 Å². The number of benzene rings is 2. The van der Waals surface area contributed by atoms with Crippen molar-refractivity contribution in [1.29, 1.82) is 0 Å². The Hall–Kier alpha value is -6.03. The molecule has 0 bridgehead atoms. The van der Waals surface area contributed by atoms with E-state index in [1.54, 1.807) is 39.7 Å². The van der Waals surface area contributed by atoms with Gasteiger partial charge in [0.2, 0.25) is 17.8 Å². The molecule has 0 saturated carbocycles. The van der Waals surface area contributed by atoms with Gasteiger partial charge >= 0.3 is 0 Å². The van der Waals surface area contributed by atoms with Gasteiger partial charge in [-0.15, -0.1) is 0 Å². The molecule has 0 unspecified atom stereocenters. The number of amides is 3. The Balaban J connectivity index is 1.27. The fraction of sp³-hybridized carbons (Fsp3) is 0.361. The fourth-order valence-corrected chi connectivity index (χ4v) is 6.24. The number of primary amides is 1. The minimum absolute atomic E-state index is 0.308. The molecule has 2 aromatic carbocycles. The Bertz CT molecular complexity index is 2260. The Kier molecular flexibility index (Phi) is 10.6. The molecular formula is C36H44N12O4. The highest BCUT2D eigenvalue weighted by Gasteiger charge is 2.21. The number of likely N-dealkylation sites (N-methyl/N-ethyl adjacent to an activating group) is 1. The zero-order chi connectivity index (χ0) is 36.9. The smallest absolute Gasteiger partial charge is 0.276 e. The minimum atomic E-state index is -0.565. The minimum Gasteiger partial charge on any atom is -0.490 e. The van der Waals surface area contributed by atoms with E-state index in [9.17, 15) is 14.4 Å². The zero-order valence-corrected chi connectivity index (χ0v) is 30.1. The quantitative estimate of drug-likeness (QED) is 0.107. The number of fused-ring (bicyclic) bond motifs is 2. The van der Waals surface area contributed by atoms with E-state index in [-0.39, 0.29) is 11.8 Å². The largest absolute Gasteiger partial charge is 0.490 e. The standard InChI is InChI=1S/C36H44N12O4/c1-6-47-28(19-22(3)43-47)33(50)41-35-39-25-21-24(32(37)49)13-14-26(25)45(35)16-8-9-17-46-27-11-10-12-30(52-18-15-38-5)31(27)40-36(46)42-34(51)29-20-23(4)44-48(29)7-2/h10-14,19-21,38H,6-9,15-18H2,1-5H3,(H2,37,49)(H,39,41,50)(H,40,42,51). The molecule has 16 nitrogen and oxygen atoms in total. The van der Waals surface area contributed by atoms with Gasteiger partial charge in [0.05, 0.1) is 27.9 Å². The van der Waals surface area contributed by atoms with Crippen LogP contribution in [0.15, 0.2) is 48.5 Å². The van der Waals surface area contributed by atoms with Crippen molar-refractivity contribution in [3.63, 3.8) is 0 Å². The van der Waals surface area contributed by atoms with Crippen LogP contribution in [0.25, 0.3) is 22.1 Å². The van der Waals surface area contributed by atoms with E-state index in [0.29, 0.717) is 97.8 Å². The van der Waals surface area contributed by atoms with Crippen LogP contribution in [-0.2, 0) is 26.2 Å². The molecule has 272 valence electrons. The second-order valence-electron chi connectivity index (χ2n) is 12.4. The van der Waals surface area contributed by atoms with Crippen LogP contribution in [0.2, 0.25) is 0 Å². The molecule has 3 amide bonds. The van der Waals surface area contributed by atoms with Crippen LogP contribution in [-0.4, -0.2) is 76.6 Å². The molecule has 0 saturated heterocycles. The van der Waals surface area contributed by atoms with Crippen molar-refractivity contribution in [1.82, 2.24) is 44.0 Å². The SMILES string of the molecule is CCn1nc(C)cc1C(=O)Nc1nc2cc(C(N)=O)ccc2n1CCCCn1c(NC(=O)c2cc(C)nn2CC)nc2c(OCCNC)cccc21. The Morgan fingerprint density at radius 2 is 1.38 bits per heavy atom. The van der Waals surface area contributed by atoms with Crippen LogP contribution < -0.4 is 26.4 Å². The number of imidazole rings is 2. The third kappa shape index (κ3) is 7.37. The van der Waals surface area contributed by atoms with Crippen molar-refractivity contribution in [2.24, 2.45) is 5.73 Å². The van der Waals surface area contributed by atoms with Crippen LogP contribution in [0.5, 0.6) is 5.75 Å². The first kappa shape index (κ1) is 35.8. The molecule has 0 fully saturated rings. The van der Waals surface area contributed by atoms with Crippen molar-refractivity contribution >= 4 is 51.7 Å². The third-order valence-electron chi connectivity index (χ3n) is 8.72. The summed E-state index contributed by atoms with van der Waals surface area (Å²) >= 11 is 0. The van der Waals surface area contributed by atoms with Gasteiger partial charge in [-0.3, -0.25) is 34.4 Å². The number of hydrogen-bond donors (Lipinski definition) is 4. The van der Waals surface area contributed by atoms with Crippen LogP contribution >= 0.6 is 0 Å². The number of hydrogen-bond acceptors (Lipinski definition) is 9. The molecule has 4 heterocycles. The predicted molar refractivity (Wildman–Crippen MR) is 198 cm³/mol. The molecule has 0 aliphatic carbocycles. The number of ether oxygens (including phenoxy) is 1. The highest BCUT2D eigenvalue weighted by molar-refractivity contribution is 6.04. The first-order chi connectivity index (χ1) is 25.1. The van der Waals surface area contributed by atoms with Gasteiger partial charge in [0, 0.05) is 38.3 Å². The molecule has 5 N–H and O–H groups in total. The number of aromatic nitrogens is 8. The highest BCUT2D eigenvalue weighted by Crippen LogP contribution is 2.30. The van der Waals surface area contributed by atoms with E-state index in [4.69, 9.17) is 20.4 Å². The number of aryl methyl sites for hydroxylation is 6. The molecule has 6 rings (SSSR count). The van der Waals surface area contributed by atoms with Crippen LogP contribution in [0.4, 0.5) is 11.9 Å². The number of unbranched alkanes of at least 4 members (excludes halogenated alkanes) is 1. The Morgan fingerprint density at radius 1 is 0.788 bits per heavy atom. The Labute approximate surface area is 300 Å². The second-order valence-corrected chi connectivity index (χ2v) is 12.4. The van der Waals surface area contributed by atoms with E-state index in [1.807, 2.05) is 62.1 Å². The van der Waals surface area contributed by atoms with Crippen molar-refractivity contribution in [3.05, 3.63) is 76.9 Å². The lowest BCUT2D eigenvalue weighted by Crippen LogP contribution is -2.20. The van der Waals surface area contributed by atoms with E-state index in [0.717, 1.165) is 22.4 Å². The first-order valence-corrected chi connectivity index (χ1v) is 17.4.